The molecule has 0 aromatic heterocycles. The van der Waals surface area contributed by atoms with Crippen LogP contribution < -0.4 is 5.32 Å². The summed E-state index contributed by atoms with van der Waals surface area (Å²) in [5, 5.41) is 3.46. The first-order valence-corrected chi connectivity index (χ1v) is 11.4. The Morgan fingerprint density at radius 2 is 1.64 bits per heavy atom. The standard InChI is InChI=1S/C18H31NO2Si/c1-5-21-18(20)16-10-12-17(13-11-16)19-14-9-15-22(6-2,7-3)8-4/h10-13,19H,5-9,14-15H2,1-4H3. The van der Waals surface area contributed by atoms with E-state index in [1.165, 1.54) is 30.6 Å². The highest BCUT2D eigenvalue weighted by Crippen LogP contribution is 2.26. The quantitative estimate of drug-likeness (QED) is 0.367. The summed E-state index contributed by atoms with van der Waals surface area (Å²) in [4.78, 5) is 11.6. The Labute approximate surface area is 136 Å². The molecule has 3 nitrogen and oxygen atoms in total. The molecule has 1 N–H and O–H groups in total. The summed E-state index contributed by atoms with van der Waals surface area (Å²) in [6, 6.07) is 13.2. The fourth-order valence-electron chi connectivity index (χ4n) is 2.92. The SMILES string of the molecule is CCOC(=O)c1ccc(NCCC[Si](CC)(CC)CC)cc1. The van der Waals surface area contributed by atoms with E-state index in [-0.39, 0.29) is 5.97 Å². The van der Waals surface area contributed by atoms with Gasteiger partial charge in [0.2, 0.25) is 0 Å². The molecule has 0 saturated carbocycles. The highest BCUT2D eigenvalue weighted by molar-refractivity contribution is 6.79. The van der Waals surface area contributed by atoms with Crippen LogP contribution in [0.4, 0.5) is 5.69 Å². The molecule has 1 aromatic carbocycles. The lowest BCUT2D eigenvalue weighted by Crippen LogP contribution is -2.31. The number of carbonyl (C=O) groups is 1. The van der Waals surface area contributed by atoms with Gasteiger partial charge in [0.05, 0.1) is 20.2 Å². The van der Waals surface area contributed by atoms with Crippen LogP contribution in [0.1, 0.15) is 44.5 Å². The van der Waals surface area contributed by atoms with Crippen molar-refractivity contribution >= 4 is 19.7 Å². The van der Waals surface area contributed by atoms with Gasteiger partial charge in [0, 0.05) is 12.2 Å². The summed E-state index contributed by atoms with van der Waals surface area (Å²) < 4.78 is 4.99. The molecule has 0 atom stereocenters. The molecule has 0 heterocycles. The Balaban J connectivity index is 2.41. The molecule has 1 aromatic rings. The van der Waals surface area contributed by atoms with Crippen LogP contribution in [0.2, 0.25) is 24.2 Å². The van der Waals surface area contributed by atoms with Crippen molar-refractivity contribution in [3.05, 3.63) is 29.8 Å². The van der Waals surface area contributed by atoms with Crippen molar-refractivity contribution in [1.82, 2.24) is 0 Å². The van der Waals surface area contributed by atoms with E-state index in [4.69, 9.17) is 4.74 Å². The number of esters is 1. The van der Waals surface area contributed by atoms with Gasteiger partial charge in [-0.3, -0.25) is 0 Å². The van der Waals surface area contributed by atoms with Crippen molar-refractivity contribution in [2.45, 2.75) is 58.3 Å². The van der Waals surface area contributed by atoms with Crippen LogP contribution in [0.5, 0.6) is 0 Å². The maximum absolute atomic E-state index is 11.6. The molecule has 0 radical (unpaired) electrons. The zero-order valence-electron chi connectivity index (χ0n) is 14.6. The minimum atomic E-state index is -0.990. The smallest absolute Gasteiger partial charge is 0.338 e. The minimum absolute atomic E-state index is 0.251. The van der Waals surface area contributed by atoms with Crippen molar-refractivity contribution in [3.63, 3.8) is 0 Å². The lowest BCUT2D eigenvalue weighted by Gasteiger charge is -2.28. The number of benzene rings is 1. The summed E-state index contributed by atoms with van der Waals surface area (Å²) in [6.07, 6.45) is 1.24. The molecule has 0 spiro atoms. The van der Waals surface area contributed by atoms with Crippen molar-refractivity contribution < 1.29 is 9.53 Å². The van der Waals surface area contributed by atoms with E-state index in [1.807, 2.05) is 31.2 Å². The van der Waals surface area contributed by atoms with E-state index in [9.17, 15) is 4.79 Å². The first-order chi connectivity index (χ1) is 10.6. The normalized spacial score (nSPS) is 11.3. The average molecular weight is 322 g/mol. The second kappa shape index (κ2) is 9.67. The van der Waals surface area contributed by atoms with E-state index >= 15 is 0 Å². The van der Waals surface area contributed by atoms with Crippen LogP contribution in [-0.2, 0) is 4.74 Å². The maximum Gasteiger partial charge on any atom is 0.338 e. The maximum atomic E-state index is 11.6. The molecule has 1 rings (SSSR count). The molecule has 22 heavy (non-hydrogen) atoms. The molecule has 0 amide bonds. The second-order valence-electron chi connectivity index (χ2n) is 5.89. The van der Waals surface area contributed by atoms with Gasteiger partial charge in [-0.1, -0.05) is 44.9 Å². The van der Waals surface area contributed by atoms with Crippen LogP contribution >= 0.6 is 0 Å². The van der Waals surface area contributed by atoms with Gasteiger partial charge in [-0.05, 0) is 37.6 Å². The van der Waals surface area contributed by atoms with Gasteiger partial charge in [0.1, 0.15) is 0 Å². The summed E-state index contributed by atoms with van der Waals surface area (Å²) >= 11 is 0. The molecule has 124 valence electrons. The largest absolute Gasteiger partial charge is 0.462 e. The number of anilines is 1. The number of hydrogen-bond acceptors (Lipinski definition) is 3. The predicted molar refractivity (Wildman–Crippen MR) is 97.5 cm³/mol. The number of rotatable bonds is 10. The predicted octanol–water partition coefficient (Wildman–Crippen LogP) is 5.17. The third-order valence-corrected chi connectivity index (χ3v) is 10.8. The van der Waals surface area contributed by atoms with Gasteiger partial charge in [0.15, 0.2) is 0 Å². The van der Waals surface area contributed by atoms with Gasteiger partial charge in [-0.2, -0.15) is 0 Å². The summed E-state index contributed by atoms with van der Waals surface area (Å²) in [7, 11) is -0.990. The Morgan fingerprint density at radius 1 is 1.05 bits per heavy atom. The van der Waals surface area contributed by atoms with Crippen molar-refractivity contribution in [2.75, 3.05) is 18.5 Å². The molecule has 0 saturated heterocycles. The Hall–Kier alpha value is -1.29. The topological polar surface area (TPSA) is 38.3 Å². The molecule has 0 bridgehead atoms. The first kappa shape index (κ1) is 18.8. The van der Waals surface area contributed by atoms with E-state index in [1.54, 1.807) is 0 Å². The fraction of sp³-hybridized carbons (Fsp3) is 0.611. The van der Waals surface area contributed by atoms with E-state index in [0.717, 1.165) is 12.2 Å². The van der Waals surface area contributed by atoms with Gasteiger partial charge < -0.3 is 10.1 Å². The molecule has 0 aliphatic rings. The van der Waals surface area contributed by atoms with Crippen molar-refractivity contribution in [1.29, 1.82) is 0 Å². The highest BCUT2D eigenvalue weighted by atomic mass is 28.3. The molecule has 0 aliphatic heterocycles. The molecular weight excluding hydrogens is 290 g/mol. The summed E-state index contributed by atoms with van der Waals surface area (Å²) in [5.74, 6) is -0.251. The number of hydrogen-bond donors (Lipinski definition) is 1. The van der Waals surface area contributed by atoms with Gasteiger partial charge in [0.25, 0.3) is 0 Å². The minimum Gasteiger partial charge on any atom is -0.462 e. The third kappa shape index (κ3) is 5.48. The summed E-state index contributed by atoms with van der Waals surface area (Å²) in [6.45, 7) is 10.3. The third-order valence-electron chi connectivity index (χ3n) is 4.86. The Kier molecular flexibility index (Phi) is 8.24. The molecule has 4 heteroatoms. The van der Waals surface area contributed by atoms with Crippen LogP contribution in [0.15, 0.2) is 24.3 Å². The lowest BCUT2D eigenvalue weighted by molar-refractivity contribution is 0.0526. The molecule has 0 fully saturated rings. The van der Waals surface area contributed by atoms with Crippen LogP contribution in [-0.4, -0.2) is 27.2 Å². The number of ether oxygens (including phenoxy) is 1. The average Bonchev–Trinajstić information content (AvgIpc) is 2.56. The van der Waals surface area contributed by atoms with Gasteiger partial charge in [-0.25, -0.2) is 4.79 Å². The lowest BCUT2D eigenvalue weighted by atomic mass is 10.2. The van der Waals surface area contributed by atoms with E-state index < -0.39 is 8.07 Å². The zero-order chi connectivity index (χ0) is 16.4. The highest BCUT2D eigenvalue weighted by Gasteiger charge is 2.25. The Morgan fingerprint density at radius 3 is 2.14 bits per heavy atom. The van der Waals surface area contributed by atoms with Crippen LogP contribution in [0.3, 0.4) is 0 Å². The van der Waals surface area contributed by atoms with Gasteiger partial charge >= 0.3 is 5.97 Å². The van der Waals surface area contributed by atoms with Crippen molar-refractivity contribution in [3.8, 4) is 0 Å². The number of nitrogens with one attached hydrogen (secondary N) is 1. The fourth-order valence-corrected chi connectivity index (χ4v) is 6.40. The molecule has 0 unspecified atom stereocenters. The second-order valence-corrected chi connectivity index (χ2v) is 11.5. The van der Waals surface area contributed by atoms with E-state index in [2.05, 4.69) is 26.1 Å². The summed E-state index contributed by atoms with van der Waals surface area (Å²) in [5.41, 5.74) is 1.69. The van der Waals surface area contributed by atoms with Crippen molar-refractivity contribution in [2.24, 2.45) is 0 Å². The zero-order valence-corrected chi connectivity index (χ0v) is 15.6. The molecular formula is C18H31NO2Si. The molecule has 0 aliphatic carbocycles. The van der Waals surface area contributed by atoms with Gasteiger partial charge in [-0.15, -0.1) is 0 Å². The van der Waals surface area contributed by atoms with Crippen LogP contribution in [0, 0.1) is 0 Å². The van der Waals surface area contributed by atoms with Crippen LogP contribution in [0.25, 0.3) is 0 Å². The van der Waals surface area contributed by atoms with E-state index in [0.29, 0.717) is 12.2 Å². The monoisotopic (exact) mass is 321 g/mol. The Bertz CT molecular complexity index is 433. The first-order valence-electron chi connectivity index (χ1n) is 8.61. The number of carbonyl (C=O) groups excluding carboxylic acids is 1.